The second kappa shape index (κ2) is 10.00. The minimum atomic E-state index is -0.605. The maximum absolute atomic E-state index is 13.4. The predicted molar refractivity (Wildman–Crippen MR) is 133 cm³/mol. The fourth-order valence-corrected chi connectivity index (χ4v) is 5.59. The number of aryl methyl sites for hydroxylation is 1. The van der Waals surface area contributed by atoms with E-state index < -0.39 is 6.10 Å². The highest BCUT2D eigenvalue weighted by atomic mass is 16.5. The molecule has 188 valence electrons. The predicted octanol–water partition coefficient (Wildman–Crippen LogP) is 2.81. The van der Waals surface area contributed by atoms with Gasteiger partial charge in [0.15, 0.2) is 0 Å². The molecule has 4 rings (SSSR count). The van der Waals surface area contributed by atoms with Gasteiger partial charge in [0.25, 0.3) is 5.91 Å². The molecule has 1 N–H and O–H groups in total. The average Bonchev–Trinajstić information content (AvgIpc) is 3.34. The van der Waals surface area contributed by atoms with E-state index >= 15 is 0 Å². The summed E-state index contributed by atoms with van der Waals surface area (Å²) >= 11 is 0. The van der Waals surface area contributed by atoms with Gasteiger partial charge >= 0.3 is 0 Å². The van der Waals surface area contributed by atoms with Crippen LogP contribution in [0, 0.1) is 23.2 Å². The molecule has 2 heterocycles. The van der Waals surface area contributed by atoms with E-state index in [9.17, 15) is 9.90 Å². The number of aliphatic hydroxyl groups excluding tert-OH is 1. The van der Waals surface area contributed by atoms with E-state index in [2.05, 4.69) is 36.8 Å². The van der Waals surface area contributed by atoms with Gasteiger partial charge in [0.1, 0.15) is 24.2 Å². The molecular weight excluding hydrogens is 442 g/mol. The number of carbonyl (C=O) groups is 1. The molecule has 1 aromatic heterocycles. The van der Waals surface area contributed by atoms with Crippen LogP contribution in [-0.4, -0.2) is 76.0 Å². The summed E-state index contributed by atoms with van der Waals surface area (Å²) in [6.07, 6.45) is 1.59. The monoisotopic (exact) mass is 479 g/mol. The van der Waals surface area contributed by atoms with Gasteiger partial charge in [0, 0.05) is 45.2 Å². The number of hydrogen-bond acceptors (Lipinski definition) is 6. The second-order valence-corrected chi connectivity index (χ2v) is 11.1. The molecule has 35 heavy (non-hydrogen) atoms. The maximum atomic E-state index is 13.4. The van der Waals surface area contributed by atoms with Crippen LogP contribution in [0.15, 0.2) is 30.3 Å². The van der Waals surface area contributed by atoms with Gasteiger partial charge in [-0.1, -0.05) is 20.8 Å². The summed E-state index contributed by atoms with van der Waals surface area (Å²) in [6, 6.07) is 11.1. The maximum Gasteiger partial charge on any atom is 0.272 e. The normalized spacial score (nSPS) is 23.1. The molecule has 2 bridgehead atoms. The molecule has 2 aliphatic rings. The number of nitrogens with zero attached hydrogens (tertiary/aromatic N) is 5. The van der Waals surface area contributed by atoms with Crippen molar-refractivity contribution >= 4 is 5.91 Å². The van der Waals surface area contributed by atoms with Gasteiger partial charge in [-0.2, -0.15) is 10.4 Å². The molecule has 1 saturated heterocycles. The zero-order valence-electron chi connectivity index (χ0n) is 21.4. The van der Waals surface area contributed by atoms with Crippen LogP contribution in [0.1, 0.15) is 55.4 Å². The standard InChI is InChI=1S/C27H37N5O3/c1-27(2,3)24-12-23(31(5)29-24)26(34)30(4)25-19-8-9-20(25)15-32(14-19)16-21(33)17-35-22-10-6-18(13-28)7-11-22/h6-7,10-12,19-21,25,33H,8-9,14-17H2,1-5H3. The summed E-state index contributed by atoms with van der Waals surface area (Å²) < 4.78 is 7.42. The summed E-state index contributed by atoms with van der Waals surface area (Å²) in [4.78, 5) is 17.7. The third kappa shape index (κ3) is 5.52. The van der Waals surface area contributed by atoms with Crippen LogP contribution in [0.2, 0.25) is 0 Å². The molecule has 0 spiro atoms. The Balaban J connectivity index is 1.33. The van der Waals surface area contributed by atoms with Crippen molar-refractivity contribution in [2.45, 2.75) is 51.2 Å². The minimum absolute atomic E-state index is 0.0294. The molecule has 0 radical (unpaired) electrons. The molecule has 1 aliphatic carbocycles. The third-order valence-electron chi connectivity index (χ3n) is 7.39. The molecule has 1 amide bonds. The number of aliphatic hydroxyl groups is 1. The first-order valence-electron chi connectivity index (χ1n) is 12.4. The number of rotatable bonds is 7. The van der Waals surface area contributed by atoms with Crippen LogP contribution in [0.3, 0.4) is 0 Å². The van der Waals surface area contributed by atoms with Gasteiger partial charge in [-0.15, -0.1) is 0 Å². The van der Waals surface area contributed by atoms with Crippen molar-refractivity contribution in [1.82, 2.24) is 19.6 Å². The first-order valence-corrected chi connectivity index (χ1v) is 12.4. The third-order valence-corrected chi connectivity index (χ3v) is 7.39. The van der Waals surface area contributed by atoms with Gasteiger partial charge in [-0.05, 0) is 55.0 Å². The van der Waals surface area contributed by atoms with Crippen molar-refractivity contribution in [3.8, 4) is 11.8 Å². The molecule has 1 aromatic carbocycles. The summed E-state index contributed by atoms with van der Waals surface area (Å²) in [5.41, 5.74) is 2.03. The van der Waals surface area contributed by atoms with Crippen LogP contribution < -0.4 is 4.74 Å². The highest BCUT2D eigenvalue weighted by Crippen LogP contribution is 2.40. The lowest BCUT2D eigenvalue weighted by Crippen LogP contribution is -2.54. The van der Waals surface area contributed by atoms with Gasteiger partial charge in [-0.3, -0.25) is 14.4 Å². The van der Waals surface area contributed by atoms with Gasteiger partial charge < -0.3 is 14.7 Å². The molecule has 1 saturated carbocycles. The number of β-amino-alcohol motifs (C(OH)–C–C–N with tert-alkyl or cyclic N) is 1. The topological polar surface area (TPSA) is 94.6 Å². The summed E-state index contributed by atoms with van der Waals surface area (Å²) in [7, 11) is 3.77. The van der Waals surface area contributed by atoms with Crippen LogP contribution in [0.5, 0.6) is 5.75 Å². The largest absolute Gasteiger partial charge is 0.491 e. The van der Waals surface area contributed by atoms with E-state index in [0.29, 0.717) is 35.4 Å². The van der Waals surface area contributed by atoms with E-state index in [-0.39, 0.29) is 24.0 Å². The van der Waals surface area contributed by atoms with Crippen LogP contribution in [0.25, 0.3) is 0 Å². The highest BCUT2D eigenvalue weighted by molar-refractivity contribution is 5.93. The number of aromatic nitrogens is 2. The minimum Gasteiger partial charge on any atom is -0.491 e. The fourth-order valence-electron chi connectivity index (χ4n) is 5.59. The number of carbonyl (C=O) groups excluding carboxylic acids is 1. The summed E-state index contributed by atoms with van der Waals surface area (Å²) in [5.74, 6) is 1.46. The smallest absolute Gasteiger partial charge is 0.272 e. The quantitative estimate of drug-likeness (QED) is 0.656. The Bertz CT molecular complexity index is 1070. The van der Waals surface area contributed by atoms with Crippen molar-refractivity contribution in [3.63, 3.8) is 0 Å². The lowest BCUT2D eigenvalue weighted by atomic mass is 9.90. The molecule has 2 aromatic rings. The van der Waals surface area contributed by atoms with E-state index in [0.717, 1.165) is 31.6 Å². The Morgan fingerprint density at radius 2 is 1.89 bits per heavy atom. The molecule has 3 unspecified atom stereocenters. The van der Waals surface area contributed by atoms with E-state index in [4.69, 9.17) is 10.00 Å². The Morgan fingerprint density at radius 3 is 2.43 bits per heavy atom. The molecular formula is C27H37N5O3. The number of piperidine rings is 1. The van der Waals surface area contributed by atoms with E-state index in [1.54, 1.807) is 28.9 Å². The van der Waals surface area contributed by atoms with Crippen LogP contribution in [-0.2, 0) is 12.5 Å². The van der Waals surface area contributed by atoms with Crippen LogP contribution in [0.4, 0.5) is 0 Å². The Morgan fingerprint density at radius 1 is 1.26 bits per heavy atom. The lowest BCUT2D eigenvalue weighted by molar-refractivity contribution is 0.0178. The Hall–Kier alpha value is -2.89. The number of ether oxygens (including phenoxy) is 1. The highest BCUT2D eigenvalue weighted by Gasteiger charge is 2.45. The van der Waals surface area contributed by atoms with Crippen molar-refractivity contribution in [2.24, 2.45) is 18.9 Å². The zero-order chi connectivity index (χ0) is 25.3. The Kier molecular flexibility index (Phi) is 7.20. The molecule has 2 fully saturated rings. The van der Waals surface area contributed by atoms with Crippen molar-refractivity contribution < 1.29 is 14.6 Å². The van der Waals surface area contributed by atoms with E-state index in [1.165, 1.54) is 0 Å². The van der Waals surface area contributed by atoms with Gasteiger partial charge in [-0.25, -0.2) is 0 Å². The first kappa shape index (κ1) is 25.2. The molecule has 1 aliphatic heterocycles. The summed E-state index contributed by atoms with van der Waals surface area (Å²) in [5, 5.41) is 24.1. The second-order valence-electron chi connectivity index (χ2n) is 11.1. The van der Waals surface area contributed by atoms with Crippen molar-refractivity contribution in [3.05, 3.63) is 47.3 Å². The number of likely N-dealkylation sites (tertiary alicyclic amines) is 1. The number of fused-ring (bicyclic) bond motifs is 2. The first-order chi connectivity index (χ1) is 16.6. The van der Waals surface area contributed by atoms with Gasteiger partial charge in [0.2, 0.25) is 0 Å². The number of benzene rings is 1. The summed E-state index contributed by atoms with van der Waals surface area (Å²) in [6.45, 7) is 8.80. The number of amides is 1. The molecule has 8 nitrogen and oxygen atoms in total. The number of nitriles is 1. The molecule has 8 heteroatoms. The van der Waals surface area contributed by atoms with Gasteiger partial charge in [0.05, 0.1) is 17.3 Å². The Labute approximate surface area is 208 Å². The number of hydrogen-bond donors (Lipinski definition) is 1. The lowest BCUT2D eigenvalue weighted by Gasteiger charge is -2.42. The molecule has 3 atom stereocenters. The zero-order valence-corrected chi connectivity index (χ0v) is 21.4. The average molecular weight is 480 g/mol. The SMILES string of the molecule is CN(C(=O)c1cc(C(C)(C)C)nn1C)C1C2CCC1CN(CC(O)COc1ccc(C#N)cc1)C2. The van der Waals surface area contributed by atoms with Crippen molar-refractivity contribution in [1.29, 1.82) is 5.26 Å². The van der Waals surface area contributed by atoms with Crippen LogP contribution >= 0.6 is 0 Å². The van der Waals surface area contributed by atoms with Crippen molar-refractivity contribution in [2.75, 3.05) is 33.3 Å². The fraction of sp³-hybridized carbons (Fsp3) is 0.593. The van der Waals surface area contributed by atoms with E-state index in [1.807, 2.05) is 25.1 Å².